The molecule has 21 heavy (non-hydrogen) atoms. The number of carbonyl (C=O) groups is 1. The first-order valence-electron chi connectivity index (χ1n) is 7.45. The maximum Gasteiger partial charge on any atom is 0.230 e. The Morgan fingerprint density at radius 2 is 2.14 bits per heavy atom. The molecule has 0 spiro atoms. The van der Waals surface area contributed by atoms with Crippen LogP contribution in [0.4, 0.5) is 0 Å². The number of pyridine rings is 1. The number of amides is 1. The Labute approximate surface area is 126 Å². The van der Waals surface area contributed by atoms with Crippen LogP contribution in [-0.4, -0.2) is 16.4 Å². The molecule has 0 radical (unpaired) electrons. The number of nitrogens with zero attached hydrogens (tertiary/aromatic N) is 2. The Balaban J connectivity index is 2.25. The van der Waals surface area contributed by atoms with Gasteiger partial charge in [-0.3, -0.25) is 9.78 Å². The Bertz CT molecular complexity index is 582. The van der Waals surface area contributed by atoms with E-state index in [9.17, 15) is 10.1 Å². The molecule has 0 aromatic carbocycles. The molecule has 2 atom stereocenters. The van der Waals surface area contributed by atoms with Crippen molar-refractivity contribution in [1.82, 2.24) is 10.3 Å². The van der Waals surface area contributed by atoms with Crippen molar-refractivity contribution in [3.05, 3.63) is 29.6 Å². The highest BCUT2D eigenvalue weighted by atomic mass is 16.2. The van der Waals surface area contributed by atoms with Gasteiger partial charge in [-0.2, -0.15) is 5.26 Å². The standard InChI is InChI=1S/C17H23N3O/c1-16(2,3)17(4,11-18)20-15(21)13-9-5-7-12-8-6-10-19-14(12)13/h6,8,10,13H,5,7,9H2,1-4H3,(H,20,21)/t13-,17-/m0/s1. The molecule has 0 saturated carbocycles. The zero-order chi connectivity index (χ0) is 15.7. The van der Waals surface area contributed by atoms with Crippen LogP contribution in [-0.2, 0) is 11.2 Å². The molecule has 4 nitrogen and oxygen atoms in total. The number of aromatic nitrogens is 1. The third-order valence-electron chi connectivity index (χ3n) is 4.61. The van der Waals surface area contributed by atoms with Crippen molar-refractivity contribution in [1.29, 1.82) is 5.26 Å². The lowest BCUT2D eigenvalue weighted by atomic mass is 9.75. The summed E-state index contributed by atoms with van der Waals surface area (Å²) in [5.41, 5.74) is 0.795. The molecule has 0 bridgehead atoms. The van der Waals surface area contributed by atoms with Crippen molar-refractivity contribution >= 4 is 5.91 Å². The van der Waals surface area contributed by atoms with Crippen molar-refractivity contribution in [2.45, 2.75) is 58.4 Å². The molecule has 0 saturated heterocycles. The summed E-state index contributed by atoms with van der Waals surface area (Å²) in [6.45, 7) is 7.67. The van der Waals surface area contributed by atoms with Gasteiger partial charge in [0.05, 0.1) is 17.7 Å². The highest BCUT2D eigenvalue weighted by molar-refractivity contribution is 5.85. The van der Waals surface area contributed by atoms with Crippen molar-refractivity contribution < 1.29 is 4.79 Å². The zero-order valence-corrected chi connectivity index (χ0v) is 13.2. The second-order valence-electron chi connectivity index (χ2n) is 6.97. The van der Waals surface area contributed by atoms with E-state index in [0.717, 1.165) is 30.5 Å². The number of rotatable bonds is 2. The minimum atomic E-state index is -0.892. The van der Waals surface area contributed by atoms with E-state index >= 15 is 0 Å². The lowest BCUT2D eigenvalue weighted by molar-refractivity contribution is -0.125. The number of aryl methyl sites for hydroxylation is 1. The molecule has 1 heterocycles. The van der Waals surface area contributed by atoms with E-state index in [-0.39, 0.29) is 17.2 Å². The highest BCUT2D eigenvalue weighted by Crippen LogP contribution is 2.33. The molecule has 0 unspecified atom stereocenters. The Hall–Kier alpha value is -1.89. The number of hydrogen-bond donors (Lipinski definition) is 1. The lowest BCUT2D eigenvalue weighted by Crippen LogP contribution is -2.55. The fourth-order valence-electron chi connectivity index (χ4n) is 2.58. The summed E-state index contributed by atoms with van der Waals surface area (Å²) < 4.78 is 0. The van der Waals surface area contributed by atoms with Gasteiger partial charge in [-0.15, -0.1) is 0 Å². The predicted octanol–water partition coefficient (Wildman–Crippen LogP) is 2.95. The van der Waals surface area contributed by atoms with Gasteiger partial charge >= 0.3 is 0 Å². The highest BCUT2D eigenvalue weighted by Gasteiger charge is 2.41. The van der Waals surface area contributed by atoms with E-state index in [2.05, 4.69) is 16.4 Å². The van der Waals surface area contributed by atoms with E-state index < -0.39 is 5.54 Å². The van der Waals surface area contributed by atoms with Crippen molar-refractivity contribution in [2.24, 2.45) is 5.41 Å². The van der Waals surface area contributed by atoms with E-state index in [4.69, 9.17) is 0 Å². The fraction of sp³-hybridized carbons (Fsp3) is 0.588. The summed E-state index contributed by atoms with van der Waals surface area (Å²) in [4.78, 5) is 17.1. The zero-order valence-electron chi connectivity index (χ0n) is 13.2. The number of fused-ring (bicyclic) bond motifs is 1. The summed E-state index contributed by atoms with van der Waals surface area (Å²) in [5.74, 6) is -0.335. The minimum absolute atomic E-state index is 0.0892. The molecule has 1 N–H and O–H groups in total. The minimum Gasteiger partial charge on any atom is -0.337 e. The third-order valence-corrected chi connectivity index (χ3v) is 4.61. The summed E-state index contributed by atoms with van der Waals surface area (Å²) in [7, 11) is 0. The first-order chi connectivity index (χ1) is 9.78. The predicted molar refractivity (Wildman–Crippen MR) is 81.5 cm³/mol. The molecule has 4 heteroatoms. The fourth-order valence-corrected chi connectivity index (χ4v) is 2.58. The third kappa shape index (κ3) is 2.92. The van der Waals surface area contributed by atoms with Gasteiger partial charge in [0, 0.05) is 6.20 Å². The van der Waals surface area contributed by atoms with Crippen LogP contribution in [0.3, 0.4) is 0 Å². The quantitative estimate of drug-likeness (QED) is 0.908. The number of nitrogens with one attached hydrogen (secondary N) is 1. The summed E-state index contributed by atoms with van der Waals surface area (Å²) in [6, 6.07) is 6.21. The molecular formula is C17H23N3O. The van der Waals surface area contributed by atoms with Crippen LogP contribution in [0.1, 0.15) is 57.7 Å². The van der Waals surface area contributed by atoms with Crippen LogP contribution < -0.4 is 5.32 Å². The normalized spacial score (nSPS) is 20.8. The molecular weight excluding hydrogens is 262 g/mol. The second kappa shape index (κ2) is 5.48. The maximum absolute atomic E-state index is 12.7. The second-order valence-corrected chi connectivity index (χ2v) is 6.97. The molecule has 1 aromatic rings. The lowest BCUT2D eigenvalue weighted by Gasteiger charge is -2.38. The summed E-state index contributed by atoms with van der Waals surface area (Å²) in [6.07, 6.45) is 4.48. The van der Waals surface area contributed by atoms with Crippen LogP contribution in [0.25, 0.3) is 0 Å². The first-order valence-corrected chi connectivity index (χ1v) is 7.45. The van der Waals surface area contributed by atoms with Crippen molar-refractivity contribution in [3.63, 3.8) is 0 Å². The SMILES string of the molecule is CC(C)(C)[C@](C)(C#N)NC(=O)[C@H]1CCCc2cccnc21. The van der Waals surface area contributed by atoms with Crippen molar-refractivity contribution in [3.8, 4) is 6.07 Å². The van der Waals surface area contributed by atoms with Crippen LogP contribution >= 0.6 is 0 Å². The smallest absolute Gasteiger partial charge is 0.230 e. The number of carbonyl (C=O) groups excluding carboxylic acids is 1. The summed E-state index contributed by atoms with van der Waals surface area (Å²) in [5, 5.41) is 12.4. The van der Waals surface area contributed by atoms with Gasteiger partial charge in [-0.05, 0) is 43.2 Å². The van der Waals surface area contributed by atoms with Gasteiger partial charge in [-0.25, -0.2) is 0 Å². The van der Waals surface area contributed by atoms with Gasteiger partial charge in [0.15, 0.2) is 0 Å². The molecule has 2 rings (SSSR count). The largest absolute Gasteiger partial charge is 0.337 e. The Morgan fingerprint density at radius 3 is 2.76 bits per heavy atom. The molecule has 1 amide bonds. The van der Waals surface area contributed by atoms with Gasteiger partial charge in [0.2, 0.25) is 5.91 Å². The Kier molecular flexibility index (Phi) is 4.04. The topological polar surface area (TPSA) is 65.8 Å². The van der Waals surface area contributed by atoms with Gasteiger partial charge in [-0.1, -0.05) is 26.8 Å². The van der Waals surface area contributed by atoms with E-state index in [1.165, 1.54) is 0 Å². The Morgan fingerprint density at radius 1 is 1.43 bits per heavy atom. The van der Waals surface area contributed by atoms with E-state index in [1.54, 1.807) is 13.1 Å². The van der Waals surface area contributed by atoms with Gasteiger partial charge in [0.25, 0.3) is 0 Å². The molecule has 0 aliphatic heterocycles. The average molecular weight is 285 g/mol. The van der Waals surface area contributed by atoms with Gasteiger partial charge < -0.3 is 5.32 Å². The molecule has 0 fully saturated rings. The summed E-state index contributed by atoms with van der Waals surface area (Å²) >= 11 is 0. The monoisotopic (exact) mass is 285 g/mol. The molecule has 1 aliphatic rings. The molecule has 1 aliphatic carbocycles. The number of nitriles is 1. The van der Waals surface area contributed by atoms with Gasteiger partial charge in [0.1, 0.15) is 5.54 Å². The van der Waals surface area contributed by atoms with Crippen LogP contribution in [0, 0.1) is 16.7 Å². The first kappa shape index (κ1) is 15.5. The van der Waals surface area contributed by atoms with Crippen LogP contribution in [0.2, 0.25) is 0 Å². The van der Waals surface area contributed by atoms with E-state index in [0.29, 0.717) is 0 Å². The van der Waals surface area contributed by atoms with E-state index in [1.807, 2.05) is 32.9 Å². The molecule has 1 aromatic heterocycles. The number of hydrogen-bond acceptors (Lipinski definition) is 3. The van der Waals surface area contributed by atoms with Crippen LogP contribution in [0.5, 0.6) is 0 Å². The maximum atomic E-state index is 12.7. The average Bonchev–Trinajstić information content (AvgIpc) is 2.45. The molecule has 112 valence electrons. The van der Waals surface area contributed by atoms with Crippen molar-refractivity contribution in [2.75, 3.05) is 0 Å². The van der Waals surface area contributed by atoms with Crippen LogP contribution in [0.15, 0.2) is 18.3 Å².